The molecule has 14 nitrogen and oxygen atoms in total. The van der Waals surface area contributed by atoms with Crippen molar-refractivity contribution in [2.75, 3.05) is 26.9 Å². The molecule has 0 aromatic heterocycles. The van der Waals surface area contributed by atoms with Crippen LogP contribution in [0, 0.1) is 33.8 Å². The van der Waals surface area contributed by atoms with E-state index in [1.807, 2.05) is 41.3 Å². The van der Waals surface area contributed by atoms with E-state index in [4.69, 9.17) is 28.9 Å². The number of unbranched alkanes of at least 4 members (excludes halogenated alkanes) is 2. The number of hydrogen-bond acceptors (Lipinski definition) is 12. The van der Waals surface area contributed by atoms with Gasteiger partial charge in [0.25, 0.3) is 5.69 Å². The van der Waals surface area contributed by atoms with Crippen molar-refractivity contribution in [1.82, 2.24) is 4.90 Å². The van der Waals surface area contributed by atoms with Crippen LogP contribution in [0.15, 0.2) is 133 Å². The molecule has 2 N–H and O–H groups in total. The average molecular weight is 964 g/mol. The first kappa shape index (κ1) is 49.1. The molecule has 5 aromatic rings. The van der Waals surface area contributed by atoms with Crippen molar-refractivity contribution in [1.29, 1.82) is 0 Å². The number of oxime groups is 1. The van der Waals surface area contributed by atoms with Gasteiger partial charge in [0.15, 0.2) is 6.29 Å². The Labute approximate surface area is 413 Å². The summed E-state index contributed by atoms with van der Waals surface area (Å²) in [6, 6.07) is 30.6. The van der Waals surface area contributed by atoms with Crippen LogP contribution < -0.4 is 14.2 Å². The van der Waals surface area contributed by atoms with E-state index in [-0.39, 0.29) is 74.7 Å². The lowest BCUT2D eigenvalue weighted by molar-refractivity contribution is -0.384. The van der Waals surface area contributed by atoms with Gasteiger partial charge in [0.2, 0.25) is 11.7 Å². The van der Waals surface area contributed by atoms with Gasteiger partial charge >= 0.3 is 0 Å². The number of amides is 1. The van der Waals surface area contributed by atoms with Gasteiger partial charge in [-0.3, -0.25) is 19.7 Å². The van der Waals surface area contributed by atoms with Crippen molar-refractivity contribution >= 4 is 34.4 Å². The third-order valence-electron chi connectivity index (χ3n) is 14.6. The molecule has 3 aliphatic carbocycles. The molecular weight excluding hydrogens is 903 g/mol. The second-order valence-electron chi connectivity index (χ2n) is 19.0. The van der Waals surface area contributed by atoms with Crippen molar-refractivity contribution in [2.45, 2.75) is 88.7 Å². The summed E-state index contributed by atoms with van der Waals surface area (Å²) in [5, 5.41) is 38.7. The van der Waals surface area contributed by atoms with E-state index in [1.54, 1.807) is 36.4 Å². The van der Waals surface area contributed by atoms with Gasteiger partial charge in [-0.25, -0.2) is 0 Å². The van der Waals surface area contributed by atoms with Gasteiger partial charge in [0.1, 0.15) is 35.6 Å². The van der Waals surface area contributed by atoms with Crippen molar-refractivity contribution in [3.8, 4) is 23.0 Å². The Morgan fingerprint density at radius 1 is 0.944 bits per heavy atom. The zero-order valence-corrected chi connectivity index (χ0v) is 40.0. The molecule has 0 bridgehead atoms. The summed E-state index contributed by atoms with van der Waals surface area (Å²) in [6.45, 7) is 4.60. The molecule has 1 heterocycles. The predicted octanol–water partition coefficient (Wildman–Crippen LogP) is 10.6. The van der Waals surface area contributed by atoms with Gasteiger partial charge in [-0.1, -0.05) is 72.6 Å². The maximum absolute atomic E-state index is 15.2. The molecule has 0 radical (unpaired) electrons. The van der Waals surface area contributed by atoms with E-state index in [0.29, 0.717) is 52.7 Å². The molecule has 4 aliphatic rings. The van der Waals surface area contributed by atoms with Gasteiger partial charge in [-0.15, -0.1) is 6.58 Å². The molecule has 9 rings (SSSR count). The van der Waals surface area contributed by atoms with Crippen molar-refractivity contribution in [3.05, 3.63) is 160 Å². The lowest BCUT2D eigenvalue weighted by atomic mass is 9.55. The summed E-state index contributed by atoms with van der Waals surface area (Å²) in [6.07, 6.45) is 10.7. The fourth-order valence-corrected chi connectivity index (χ4v) is 11.1. The summed E-state index contributed by atoms with van der Waals surface area (Å²) in [4.78, 5) is 46.5. The van der Waals surface area contributed by atoms with Gasteiger partial charge < -0.3 is 38.9 Å². The highest BCUT2D eigenvalue weighted by Crippen LogP contribution is 2.62. The number of rotatable bonds is 23. The van der Waals surface area contributed by atoms with Crippen LogP contribution in [-0.2, 0) is 27.5 Å². The Bertz CT molecular complexity index is 2800. The topological polar surface area (TPSA) is 179 Å². The number of methoxy groups -OCH3 is 1. The number of carbonyl (C=O) groups is 2. The van der Waals surface area contributed by atoms with Crippen LogP contribution in [0.4, 0.5) is 5.69 Å². The number of hydrogen-bond donors (Lipinski definition) is 2. The first-order valence-electron chi connectivity index (χ1n) is 24.7. The van der Waals surface area contributed by atoms with E-state index in [9.17, 15) is 25.1 Å². The van der Waals surface area contributed by atoms with Crippen LogP contribution in [-0.4, -0.2) is 76.7 Å². The number of fused-ring (bicyclic) bond motifs is 3. The first-order valence-corrected chi connectivity index (χ1v) is 24.7. The van der Waals surface area contributed by atoms with E-state index in [1.165, 1.54) is 19.2 Å². The zero-order valence-electron chi connectivity index (χ0n) is 40.0. The summed E-state index contributed by atoms with van der Waals surface area (Å²) >= 11 is 0. The van der Waals surface area contributed by atoms with E-state index in [2.05, 4.69) is 36.9 Å². The van der Waals surface area contributed by atoms with Crippen LogP contribution in [0.25, 0.3) is 10.8 Å². The minimum atomic E-state index is -1.48. The number of non-ortho nitro benzene ring substituents is 1. The third-order valence-corrected chi connectivity index (χ3v) is 14.6. The molecule has 0 saturated heterocycles. The van der Waals surface area contributed by atoms with Crippen LogP contribution in [0.1, 0.15) is 90.8 Å². The summed E-state index contributed by atoms with van der Waals surface area (Å²) in [5.74, 6) is -0.609. The van der Waals surface area contributed by atoms with Gasteiger partial charge in [0, 0.05) is 55.7 Å². The number of allylic oxidation sites excluding steroid dienone is 1. The quantitative estimate of drug-likeness (QED) is 0.0209. The number of nitro groups is 1. The van der Waals surface area contributed by atoms with Crippen molar-refractivity contribution in [2.24, 2.45) is 28.8 Å². The Morgan fingerprint density at radius 2 is 1.69 bits per heavy atom. The Hall–Kier alpha value is -6.87. The van der Waals surface area contributed by atoms with Gasteiger partial charge in [0.05, 0.1) is 35.8 Å². The van der Waals surface area contributed by atoms with Crippen LogP contribution in [0.5, 0.6) is 23.0 Å². The fraction of sp³-hybridized carbons (Fsp3) is 0.386. The SMILES string of the molecule is C=CCO[C@@]12Oc3ccc(Oc4ccc(OC)c(C=O)c4)cc3[C@H]3[C@H](CCCCO)[C@@H](CCCCO)C=C(C(=NOCc4ccc([N+](=O)[O-])cc4)C[C@@H]1N(Cc1cccc4ccccc14)C(=O)C1CC1)[C@H]32. The Balaban J connectivity index is 1.24. The maximum Gasteiger partial charge on any atom is 0.269 e. The summed E-state index contributed by atoms with van der Waals surface area (Å²) in [5.41, 5.74) is 4.37. The second-order valence-corrected chi connectivity index (χ2v) is 19.0. The number of nitro benzene ring substituents is 1. The molecule has 5 aromatic carbocycles. The van der Waals surface area contributed by atoms with E-state index < -0.39 is 22.7 Å². The molecule has 14 heteroatoms. The lowest BCUT2D eigenvalue weighted by Crippen LogP contribution is -2.70. The minimum Gasteiger partial charge on any atom is -0.496 e. The maximum atomic E-state index is 15.2. The molecule has 370 valence electrons. The molecule has 1 amide bonds. The second kappa shape index (κ2) is 22.0. The van der Waals surface area contributed by atoms with Crippen molar-refractivity contribution < 1.29 is 48.5 Å². The molecule has 0 spiro atoms. The Kier molecular flexibility index (Phi) is 15.3. The van der Waals surface area contributed by atoms with Crippen LogP contribution in [0.3, 0.4) is 0 Å². The number of nitrogens with zero attached hydrogens (tertiary/aromatic N) is 3. The third kappa shape index (κ3) is 10.3. The molecule has 71 heavy (non-hydrogen) atoms. The smallest absolute Gasteiger partial charge is 0.269 e. The summed E-state index contributed by atoms with van der Waals surface area (Å²) < 4.78 is 26.7. The standard InChI is InChI=1S/C57H61N3O11/c1-3-29-68-57-53(59(56(64)39-19-20-39)34-41-14-10-13-38-11-4-5-15-46(38)41)33-50(58-69-36-37-17-21-43(22-18-37)60(65)66)48-31-40(12-6-8-27-61)47(16-7-9-28-62)54(55(48)57)49-32-45(24-26-52(49)71-57)70-44-23-25-51(67-2)42(30-44)35-63/h3-5,10-11,13-15,17-18,21-26,30-32,35,39-40,47,53-55,61-62H,1,6-9,12,16,19-20,27-29,33-34,36H2,2H3/t40-,47+,53-,54+,55+,57+/m0/s1. The highest BCUT2D eigenvalue weighted by Gasteiger charge is 2.66. The molecular formula is C57H61N3O11. The van der Waals surface area contributed by atoms with Crippen LogP contribution in [0.2, 0.25) is 0 Å². The Morgan fingerprint density at radius 3 is 2.42 bits per heavy atom. The summed E-state index contributed by atoms with van der Waals surface area (Å²) in [7, 11) is 1.51. The van der Waals surface area contributed by atoms with Gasteiger partial charge in [-0.2, -0.15) is 0 Å². The number of carbonyl (C=O) groups excluding carboxylic acids is 2. The molecule has 6 atom stereocenters. The molecule has 1 aliphatic heterocycles. The highest BCUT2D eigenvalue weighted by molar-refractivity contribution is 6.03. The molecule has 2 saturated carbocycles. The first-order chi connectivity index (χ1) is 34.7. The molecule has 2 fully saturated rings. The van der Waals surface area contributed by atoms with Gasteiger partial charge in [-0.05, 0) is 126 Å². The average Bonchev–Trinajstić information content (AvgIpc) is 4.25. The number of aldehydes is 1. The fourth-order valence-electron chi connectivity index (χ4n) is 11.1. The number of aliphatic hydroxyl groups excluding tert-OH is 2. The largest absolute Gasteiger partial charge is 0.496 e. The number of benzene rings is 5. The zero-order chi connectivity index (χ0) is 49.5. The molecule has 0 unspecified atom stereocenters. The highest BCUT2D eigenvalue weighted by atomic mass is 16.7. The predicted molar refractivity (Wildman–Crippen MR) is 269 cm³/mol. The normalized spacial score (nSPS) is 22.6. The van der Waals surface area contributed by atoms with Crippen LogP contribution >= 0.6 is 0 Å². The number of ether oxygens (including phenoxy) is 4. The minimum absolute atomic E-state index is 0.00385. The monoisotopic (exact) mass is 963 g/mol. The van der Waals surface area contributed by atoms with E-state index >= 15 is 4.79 Å². The lowest BCUT2D eigenvalue weighted by Gasteiger charge is -2.60. The van der Waals surface area contributed by atoms with Crippen molar-refractivity contribution in [3.63, 3.8) is 0 Å². The van der Waals surface area contributed by atoms with E-state index in [0.717, 1.165) is 72.3 Å². The number of aliphatic hydroxyl groups is 2.